The molecule has 0 unspecified atom stereocenters. The molecule has 2 rings (SSSR count). The third-order valence-corrected chi connectivity index (χ3v) is 3.83. The van der Waals surface area contributed by atoms with Gasteiger partial charge in [-0.3, -0.25) is 4.79 Å². The highest BCUT2D eigenvalue weighted by Crippen LogP contribution is 2.23. The van der Waals surface area contributed by atoms with E-state index in [0.717, 1.165) is 5.56 Å². The number of benzene rings is 2. The SMILES string of the molecule is Nc1ccc(CNC(=O)c2ccc(Cl)c(Br)c2)cc1. The first-order valence-corrected chi connectivity index (χ1v) is 6.81. The van der Waals surface area contributed by atoms with Gasteiger partial charge in [-0.05, 0) is 51.8 Å². The number of carbonyl (C=O) groups excluding carboxylic acids is 1. The second kappa shape index (κ2) is 6.08. The number of halogens is 2. The van der Waals surface area contributed by atoms with Gasteiger partial charge in [-0.2, -0.15) is 0 Å². The van der Waals surface area contributed by atoms with Crippen LogP contribution >= 0.6 is 27.5 Å². The predicted molar refractivity (Wildman–Crippen MR) is 81.2 cm³/mol. The molecule has 3 N–H and O–H groups in total. The Balaban J connectivity index is 2.01. The van der Waals surface area contributed by atoms with Gasteiger partial charge in [0.1, 0.15) is 0 Å². The second-order valence-electron chi connectivity index (χ2n) is 4.05. The van der Waals surface area contributed by atoms with Crippen LogP contribution < -0.4 is 11.1 Å². The molecule has 0 aromatic heterocycles. The molecule has 19 heavy (non-hydrogen) atoms. The van der Waals surface area contributed by atoms with E-state index in [9.17, 15) is 4.79 Å². The van der Waals surface area contributed by atoms with Crippen LogP contribution in [0.5, 0.6) is 0 Å². The summed E-state index contributed by atoms with van der Waals surface area (Å²) in [6, 6.07) is 12.4. The smallest absolute Gasteiger partial charge is 0.251 e. The minimum Gasteiger partial charge on any atom is -0.399 e. The van der Waals surface area contributed by atoms with Crippen LogP contribution in [0.2, 0.25) is 5.02 Å². The summed E-state index contributed by atoms with van der Waals surface area (Å²) in [5.41, 5.74) is 7.86. The summed E-state index contributed by atoms with van der Waals surface area (Å²) in [7, 11) is 0. The second-order valence-corrected chi connectivity index (χ2v) is 5.31. The van der Waals surface area contributed by atoms with Crippen LogP contribution in [-0.4, -0.2) is 5.91 Å². The Labute approximate surface area is 124 Å². The molecular formula is C14H12BrClN2O. The molecule has 0 bridgehead atoms. The first-order valence-electron chi connectivity index (χ1n) is 5.64. The number of nitrogens with two attached hydrogens (primary N) is 1. The summed E-state index contributed by atoms with van der Waals surface area (Å²) in [4.78, 5) is 11.9. The summed E-state index contributed by atoms with van der Waals surface area (Å²) in [6.45, 7) is 0.458. The number of amides is 1. The van der Waals surface area contributed by atoms with Crippen molar-refractivity contribution in [3.8, 4) is 0 Å². The monoisotopic (exact) mass is 338 g/mol. The lowest BCUT2D eigenvalue weighted by Gasteiger charge is -2.06. The van der Waals surface area contributed by atoms with Crippen LogP contribution in [-0.2, 0) is 6.54 Å². The number of hydrogen-bond acceptors (Lipinski definition) is 2. The molecule has 0 saturated carbocycles. The van der Waals surface area contributed by atoms with Crippen molar-refractivity contribution >= 4 is 39.1 Å². The van der Waals surface area contributed by atoms with E-state index >= 15 is 0 Å². The Morgan fingerprint density at radius 1 is 1.21 bits per heavy atom. The first kappa shape index (κ1) is 13.9. The van der Waals surface area contributed by atoms with Crippen molar-refractivity contribution in [1.82, 2.24) is 5.32 Å². The van der Waals surface area contributed by atoms with Gasteiger partial charge in [-0.25, -0.2) is 0 Å². The minimum absolute atomic E-state index is 0.144. The van der Waals surface area contributed by atoms with Crippen molar-refractivity contribution in [1.29, 1.82) is 0 Å². The third-order valence-electron chi connectivity index (χ3n) is 2.61. The Hall–Kier alpha value is -1.52. The molecule has 2 aromatic carbocycles. The van der Waals surface area contributed by atoms with Crippen molar-refractivity contribution in [3.05, 3.63) is 63.1 Å². The van der Waals surface area contributed by atoms with Gasteiger partial charge >= 0.3 is 0 Å². The fourth-order valence-corrected chi connectivity index (χ4v) is 2.05. The fraction of sp³-hybridized carbons (Fsp3) is 0.0714. The lowest BCUT2D eigenvalue weighted by molar-refractivity contribution is 0.0951. The van der Waals surface area contributed by atoms with E-state index in [1.807, 2.05) is 12.1 Å². The highest BCUT2D eigenvalue weighted by molar-refractivity contribution is 9.10. The molecule has 0 aliphatic heterocycles. The summed E-state index contributed by atoms with van der Waals surface area (Å²) >= 11 is 9.18. The van der Waals surface area contributed by atoms with Gasteiger partial charge in [0.15, 0.2) is 0 Å². The van der Waals surface area contributed by atoms with Crippen LogP contribution in [0.3, 0.4) is 0 Å². The molecule has 0 saturated heterocycles. The molecule has 2 aromatic rings. The number of rotatable bonds is 3. The molecule has 0 fully saturated rings. The average Bonchev–Trinajstić information content (AvgIpc) is 2.41. The van der Waals surface area contributed by atoms with Gasteiger partial charge < -0.3 is 11.1 Å². The Morgan fingerprint density at radius 3 is 2.53 bits per heavy atom. The molecule has 0 atom stereocenters. The largest absolute Gasteiger partial charge is 0.399 e. The van der Waals surface area contributed by atoms with E-state index < -0.39 is 0 Å². The Kier molecular flexibility index (Phi) is 4.45. The van der Waals surface area contributed by atoms with E-state index in [0.29, 0.717) is 27.3 Å². The van der Waals surface area contributed by atoms with E-state index in [1.54, 1.807) is 30.3 Å². The van der Waals surface area contributed by atoms with Gasteiger partial charge in [0.25, 0.3) is 5.91 Å². The van der Waals surface area contributed by atoms with Gasteiger partial charge in [0.05, 0.1) is 5.02 Å². The van der Waals surface area contributed by atoms with Crippen LogP contribution in [0, 0.1) is 0 Å². The molecule has 0 heterocycles. The van der Waals surface area contributed by atoms with Gasteiger partial charge in [0.2, 0.25) is 0 Å². The molecular weight excluding hydrogens is 328 g/mol. The van der Waals surface area contributed by atoms with E-state index in [4.69, 9.17) is 17.3 Å². The average molecular weight is 340 g/mol. The predicted octanol–water partition coefficient (Wildman–Crippen LogP) is 3.61. The molecule has 0 aliphatic rings. The first-order chi connectivity index (χ1) is 9.06. The van der Waals surface area contributed by atoms with Gasteiger partial charge in [0, 0.05) is 22.3 Å². The highest BCUT2D eigenvalue weighted by Gasteiger charge is 2.07. The zero-order valence-electron chi connectivity index (χ0n) is 9.99. The number of hydrogen-bond donors (Lipinski definition) is 2. The maximum absolute atomic E-state index is 11.9. The lowest BCUT2D eigenvalue weighted by atomic mass is 10.2. The summed E-state index contributed by atoms with van der Waals surface area (Å²) in [5.74, 6) is -0.144. The molecule has 0 radical (unpaired) electrons. The van der Waals surface area contributed by atoms with Crippen molar-refractivity contribution in [2.75, 3.05) is 5.73 Å². The topological polar surface area (TPSA) is 55.1 Å². The molecule has 1 amide bonds. The zero-order valence-corrected chi connectivity index (χ0v) is 12.3. The fourth-order valence-electron chi connectivity index (χ4n) is 1.56. The quantitative estimate of drug-likeness (QED) is 0.839. The van der Waals surface area contributed by atoms with Crippen LogP contribution in [0.1, 0.15) is 15.9 Å². The number of anilines is 1. The van der Waals surface area contributed by atoms with Crippen molar-refractivity contribution < 1.29 is 4.79 Å². The zero-order chi connectivity index (χ0) is 13.8. The molecule has 3 nitrogen and oxygen atoms in total. The van der Waals surface area contributed by atoms with Gasteiger partial charge in [-0.1, -0.05) is 23.7 Å². The van der Waals surface area contributed by atoms with Gasteiger partial charge in [-0.15, -0.1) is 0 Å². The Morgan fingerprint density at radius 2 is 1.89 bits per heavy atom. The van der Waals surface area contributed by atoms with Crippen LogP contribution in [0.15, 0.2) is 46.9 Å². The molecule has 98 valence electrons. The lowest BCUT2D eigenvalue weighted by Crippen LogP contribution is -2.22. The third kappa shape index (κ3) is 3.72. The van der Waals surface area contributed by atoms with E-state index in [-0.39, 0.29) is 5.91 Å². The molecule has 5 heteroatoms. The number of nitrogens with one attached hydrogen (secondary N) is 1. The highest BCUT2D eigenvalue weighted by atomic mass is 79.9. The summed E-state index contributed by atoms with van der Waals surface area (Å²) < 4.78 is 0.703. The number of nitrogen functional groups attached to an aromatic ring is 1. The van der Waals surface area contributed by atoms with Crippen molar-refractivity contribution in [2.45, 2.75) is 6.54 Å². The molecule has 0 spiro atoms. The maximum atomic E-state index is 11.9. The van der Waals surface area contributed by atoms with E-state index in [1.165, 1.54) is 0 Å². The summed E-state index contributed by atoms with van der Waals surface area (Å²) in [5, 5.41) is 3.42. The maximum Gasteiger partial charge on any atom is 0.251 e. The van der Waals surface area contributed by atoms with Crippen molar-refractivity contribution in [2.24, 2.45) is 0 Å². The van der Waals surface area contributed by atoms with Crippen molar-refractivity contribution in [3.63, 3.8) is 0 Å². The Bertz CT molecular complexity index is 599. The molecule has 0 aliphatic carbocycles. The normalized spacial score (nSPS) is 10.2. The van der Waals surface area contributed by atoms with E-state index in [2.05, 4.69) is 21.2 Å². The minimum atomic E-state index is -0.144. The summed E-state index contributed by atoms with van der Waals surface area (Å²) in [6.07, 6.45) is 0. The number of carbonyl (C=O) groups is 1. The van der Waals surface area contributed by atoms with Crippen LogP contribution in [0.25, 0.3) is 0 Å². The standard InChI is InChI=1S/C14H12BrClN2O/c15-12-7-10(3-6-13(12)16)14(19)18-8-9-1-4-11(17)5-2-9/h1-7H,8,17H2,(H,18,19). The van der Waals surface area contributed by atoms with Crippen LogP contribution in [0.4, 0.5) is 5.69 Å².